The molecule has 0 unspecified atom stereocenters. The van der Waals surface area contributed by atoms with Crippen LogP contribution in [0.3, 0.4) is 0 Å². The Balaban J connectivity index is 1.95. The maximum atomic E-state index is 14.7. The first kappa shape index (κ1) is 25.5. The van der Waals surface area contributed by atoms with Gasteiger partial charge in [0.2, 0.25) is 0 Å². The summed E-state index contributed by atoms with van der Waals surface area (Å²) in [5.74, 6) is -0.563. The van der Waals surface area contributed by atoms with Crippen LogP contribution in [0.2, 0.25) is 0 Å². The first-order valence-corrected chi connectivity index (χ1v) is 14.1. The number of halogens is 2. The fourth-order valence-corrected chi connectivity index (χ4v) is 5.90. The molecule has 8 heteroatoms. The summed E-state index contributed by atoms with van der Waals surface area (Å²) < 4.78 is 45.0. The van der Waals surface area contributed by atoms with Gasteiger partial charge in [0.1, 0.15) is 11.6 Å². The summed E-state index contributed by atoms with van der Waals surface area (Å²) in [6.45, 7) is 5.21. The SMILES string of the molecule is CC1=C(c2cccc(CS(C)(=O)=O)c2C)c2oc(=O)c(C)c(Cc3ccc(I)cc3F)c2C(=O)C1. The fourth-order valence-electron chi connectivity index (χ4n) is 4.57. The minimum atomic E-state index is -3.27. The molecule has 5 nitrogen and oxygen atoms in total. The third-order valence-electron chi connectivity index (χ3n) is 6.36. The largest absolute Gasteiger partial charge is 0.422 e. The maximum absolute atomic E-state index is 14.7. The van der Waals surface area contributed by atoms with Crippen molar-refractivity contribution in [1.82, 2.24) is 0 Å². The van der Waals surface area contributed by atoms with Crippen LogP contribution in [0.25, 0.3) is 5.57 Å². The number of rotatable bonds is 5. The summed E-state index contributed by atoms with van der Waals surface area (Å²) >= 11 is 2.02. The summed E-state index contributed by atoms with van der Waals surface area (Å²) in [5.41, 5.74) is 4.22. The van der Waals surface area contributed by atoms with Gasteiger partial charge in [-0.1, -0.05) is 29.8 Å². The topological polar surface area (TPSA) is 81.4 Å². The zero-order valence-electron chi connectivity index (χ0n) is 19.8. The number of hydrogen-bond donors (Lipinski definition) is 0. The second kappa shape index (κ2) is 9.46. The zero-order chi connectivity index (χ0) is 25.7. The third kappa shape index (κ3) is 5.04. The molecule has 0 spiro atoms. The number of benzene rings is 2. The van der Waals surface area contributed by atoms with E-state index in [1.165, 1.54) is 12.3 Å². The monoisotopic (exact) mass is 606 g/mol. The maximum Gasteiger partial charge on any atom is 0.339 e. The molecule has 0 bridgehead atoms. The highest BCUT2D eigenvalue weighted by atomic mass is 127. The van der Waals surface area contributed by atoms with Crippen molar-refractivity contribution in [3.63, 3.8) is 0 Å². The van der Waals surface area contributed by atoms with Gasteiger partial charge in [0.15, 0.2) is 15.6 Å². The summed E-state index contributed by atoms with van der Waals surface area (Å²) in [6.07, 6.45) is 1.37. The van der Waals surface area contributed by atoms with Gasteiger partial charge in [-0.25, -0.2) is 17.6 Å². The molecule has 0 aliphatic heterocycles. The number of allylic oxidation sites excluding steroid dienone is 1. The number of ketones is 1. The Morgan fingerprint density at radius 3 is 2.40 bits per heavy atom. The Hall–Kier alpha value is -2.59. The average Bonchev–Trinajstić information content (AvgIpc) is 2.74. The van der Waals surface area contributed by atoms with Crippen molar-refractivity contribution >= 4 is 43.8 Å². The average molecular weight is 606 g/mol. The Morgan fingerprint density at radius 1 is 1.03 bits per heavy atom. The van der Waals surface area contributed by atoms with Gasteiger partial charge >= 0.3 is 5.63 Å². The number of Topliss-reactive ketones (excluding diaryl/α,β-unsaturated/α-hetero) is 1. The molecule has 4 rings (SSSR count). The highest BCUT2D eigenvalue weighted by molar-refractivity contribution is 14.1. The van der Waals surface area contributed by atoms with Gasteiger partial charge in [-0.05, 0) is 83.3 Å². The molecule has 1 heterocycles. The Bertz CT molecular complexity index is 1580. The molecule has 35 heavy (non-hydrogen) atoms. The van der Waals surface area contributed by atoms with Crippen molar-refractivity contribution < 1.29 is 22.0 Å². The zero-order valence-corrected chi connectivity index (χ0v) is 22.8. The molecule has 0 radical (unpaired) electrons. The normalized spacial score (nSPS) is 13.8. The molecule has 0 fully saturated rings. The standard InChI is InChI=1S/C27H24FIO5S/c1-14-10-23(30)25-21(11-17-8-9-19(29)12-22(17)28)16(3)27(31)34-26(25)24(14)20-7-5-6-18(15(20)2)13-35(4,32)33/h5-9,12H,10-11,13H2,1-4H3. The molecular formula is C27H24FIO5S. The lowest BCUT2D eigenvalue weighted by Crippen LogP contribution is -2.22. The lowest BCUT2D eigenvalue weighted by atomic mass is 9.80. The molecule has 0 N–H and O–H groups in total. The highest BCUT2D eigenvalue weighted by Crippen LogP contribution is 2.40. The Kier molecular flexibility index (Phi) is 6.89. The van der Waals surface area contributed by atoms with Crippen molar-refractivity contribution in [3.05, 3.63) is 106 Å². The highest BCUT2D eigenvalue weighted by Gasteiger charge is 2.32. The van der Waals surface area contributed by atoms with Crippen LogP contribution in [0.4, 0.5) is 4.39 Å². The lowest BCUT2D eigenvalue weighted by molar-refractivity contribution is 0.0987. The van der Waals surface area contributed by atoms with Crippen LogP contribution in [0.5, 0.6) is 0 Å². The van der Waals surface area contributed by atoms with E-state index in [0.29, 0.717) is 27.8 Å². The molecule has 0 atom stereocenters. The van der Waals surface area contributed by atoms with E-state index in [1.54, 1.807) is 38.1 Å². The summed E-state index contributed by atoms with van der Waals surface area (Å²) in [7, 11) is -3.27. The molecular weight excluding hydrogens is 582 g/mol. The third-order valence-corrected chi connectivity index (χ3v) is 7.86. The molecule has 1 aliphatic carbocycles. The lowest BCUT2D eigenvalue weighted by Gasteiger charge is -2.24. The Morgan fingerprint density at radius 2 is 1.74 bits per heavy atom. The van der Waals surface area contributed by atoms with Crippen LogP contribution >= 0.6 is 22.6 Å². The van der Waals surface area contributed by atoms with Gasteiger partial charge < -0.3 is 4.42 Å². The van der Waals surface area contributed by atoms with Crippen molar-refractivity contribution in [2.24, 2.45) is 0 Å². The van der Waals surface area contributed by atoms with E-state index in [0.717, 1.165) is 14.7 Å². The van der Waals surface area contributed by atoms with Crippen LogP contribution in [0.1, 0.15) is 62.8 Å². The second-order valence-electron chi connectivity index (χ2n) is 9.02. The van der Waals surface area contributed by atoms with E-state index in [-0.39, 0.29) is 41.3 Å². The van der Waals surface area contributed by atoms with Crippen LogP contribution < -0.4 is 5.63 Å². The summed E-state index contributed by atoms with van der Waals surface area (Å²) in [5, 5.41) is 0. The van der Waals surface area contributed by atoms with Gasteiger partial charge in [-0.2, -0.15) is 0 Å². The molecule has 182 valence electrons. The van der Waals surface area contributed by atoms with E-state index in [4.69, 9.17) is 4.42 Å². The summed E-state index contributed by atoms with van der Waals surface area (Å²) in [6, 6.07) is 10.2. The van der Waals surface area contributed by atoms with Gasteiger partial charge in [0.25, 0.3) is 0 Å². The molecule has 2 aromatic carbocycles. The van der Waals surface area contributed by atoms with Gasteiger partial charge in [-0.3, -0.25) is 4.79 Å². The van der Waals surface area contributed by atoms with Crippen LogP contribution in [-0.4, -0.2) is 20.5 Å². The predicted molar refractivity (Wildman–Crippen MR) is 142 cm³/mol. The van der Waals surface area contributed by atoms with E-state index in [2.05, 4.69) is 0 Å². The first-order valence-electron chi connectivity index (χ1n) is 11.0. The molecule has 0 amide bonds. The van der Waals surface area contributed by atoms with E-state index in [9.17, 15) is 22.4 Å². The van der Waals surface area contributed by atoms with E-state index >= 15 is 0 Å². The van der Waals surface area contributed by atoms with Crippen LogP contribution in [-0.2, 0) is 22.0 Å². The number of carbonyl (C=O) groups is 1. The van der Waals surface area contributed by atoms with Crippen molar-refractivity contribution in [2.75, 3.05) is 6.26 Å². The van der Waals surface area contributed by atoms with Crippen LogP contribution in [0, 0.1) is 23.2 Å². The van der Waals surface area contributed by atoms with Gasteiger partial charge in [0, 0.05) is 33.8 Å². The molecule has 1 aliphatic rings. The molecule has 0 saturated carbocycles. The smallest absolute Gasteiger partial charge is 0.339 e. The van der Waals surface area contributed by atoms with Gasteiger partial charge in [-0.15, -0.1) is 0 Å². The second-order valence-corrected chi connectivity index (χ2v) is 12.4. The minimum Gasteiger partial charge on any atom is -0.422 e. The number of sulfone groups is 1. The number of carbonyl (C=O) groups excluding carboxylic acids is 1. The Labute approximate surface area is 217 Å². The predicted octanol–water partition coefficient (Wildman–Crippen LogP) is 5.54. The van der Waals surface area contributed by atoms with Crippen molar-refractivity contribution in [3.8, 4) is 0 Å². The van der Waals surface area contributed by atoms with Crippen molar-refractivity contribution in [2.45, 2.75) is 39.4 Å². The van der Waals surface area contributed by atoms with Crippen LogP contribution in [0.15, 0.2) is 51.2 Å². The van der Waals surface area contributed by atoms with Crippen molar-refractivity contribution in [1.29, 1.82) is 0 Å². The molecule has 1 aromatic heterocycles. The quantitative estimate of drug-likeness (QED) is 0.357. The number of hydrogen-bond acceptors (Lipinski definition) is 5. The van der Waals surface area contributed by atoms with E-state index < -0.39 is 21.3 Å². The van der Waals surface area contributed by atoms with Gasteiger partial charge in [0.05, 0.1) is 11.3 Å². The van der Waals surface area contributed by atoms with E-state index in [1.807, 2.05) is 35.6 Å². The summed E-state index contributed by atoms with van der Waals surface area (Å²) in [4.78, 5) is 26.2. The fraction of sp³-hybridized carbons (Fsp3) is 0.259. The first-order chi connectivity index (χ1) is 16.4. The molecule has 0 saturated heterocycles. The molecule has 3 aromatic rings. The number of fused-ring (bicyclic) bond motifs is 1. The minimum absolute atomic E-state index is 0.0771.